The van der Waals surface area contributed by atoms with Crippen LogP contribution in [0.2, 0.25) is 5.02 Å². The molecule has 1 rings (SSSR count). The number of amides is 1. The summed E-state index contributed by atoms with van der Waals surface area (Å²) in [5.74, 6) is 1.46. The number of guanidine groups is 1. The summed E-state index contributed by atoms with van der Waals surface area (Å²) in [6.45, 7) is 9.61. The van der Waals surface area contributed by atoms with Gasteiger partial charge in [-0.05, 0) is 52.0 Å². The summed E-state index contributed by atoms with van der Waals surface area (Å²) >= 11 is 5.86. The molecule has 1 amide bonds. The van der Waals surface area contributed by atoms with Gasteiger partial charge >= 0.3 is 0 Å². The number of aliphatic imine (C=N–C) groups is 1. The number of hydrogen-bond donors (Lipinski definition) is 3. The summed E-state index contributed by atoms with van der Waals surface area (Å²) in [6.07, 6.45) is 0.320. The molecule has 1 unspecified atom stereocenters. The zero-order valence-corrected chi connectivity index (χ0v) is 16.2. The normalized spacial score (nSPS) is 12.6. The third-order valence-corrected chi connectivity index (χ3v) is 3.35. The van der Waals surface area contributed by atoms with Gasteiger partial charge in [0, 0.05) is 30.6 Å². The Morgan fingerprint density at radius 2 is 1.88 bits per heavy atom. The summed E-state index contributed by atoms with van der Waals surface area (Å²) in [4.78, 5) is 16.1. The molecular formula is C18H29ClN4O2. The minimum Gasteiger partial charge on any atom is -0.489 e. The van der Waals surface area contributed by atoms with E-state index in [1.807, 2.05) is 39.8 Å². The third kappa shape index (κ3) is 9.82. The molecule has 0 spiro atoms. The van der Waals surface area contributed by atoms with Gasteiger partial charge in [-0.15, -0.1) is 0 Å². The van der Waals surface area contributed by atoms with Crippen LogP contribution in [0.15, 0.2) is 29.3 Å². The second-order valence-electron chi connectivity index (χ2n) is 6.00. The van der Waals surface area contributed by atoms with Crippen molar-refractivity contribution in [2.75, 3.05) is 19.6 Å². The van der Waals surface area contributed by atoms with Crippen molar-refractivity contribution in [3.63, 3.8) is 0 Å². The summed E-state index contributed by atoms with van der Waals surface area (Å²) < 4.78 is 5.80. The molecule has 0 aliphatic rings. The van der Waals surface area contributed by atoms with Gasteiger partial charge < -0.3 is 20.7 Å². The molecule has 1 atom stereocenters. The Hall–Kier alpha value is -1.95. The van der Waals surface area contributed by atoms with Gasteiger partial charge in [-0.1, -0.05) is 11.6 Å². The molecule has 0 fully saturated rings. The molecule has 7 heteroatoms. The predicted molar refractivity (Wildman–Crippen MR) is 103 cm³/mol. The number of benzene rings is 1. The zero-order chi connectivity index (χ0) is 18.7. The molecule has 3 N–H and O–H groups in total. The fourth-order valence-corrected chi connectivity index (χ4v) is 2.16. The molecule has 0 radical (unpaired) electrons. The second kappa shape index (κ2) is 11.6. The van der Waals surface area contributed by atoms with Gasteiger partial charge in [-0.2, -0.15) is 0 Å². The average molecular weight is 369 g/mol. The molecule has 0 heterocycles. The number of nitrogens with zero attached hydrogens (tertiary/aromatic N) is 1. The molecule has 6 nitrogen and oxygen atoms in total. The molecule has 0 aromatic heterocycles. The van der Waals surface area contributed by atoms with E-state index < -0.39 is 0 Å². The van der Waals surface area contributed by atoms with Gasteiger partial charge in [0.25, 0.3) is 0 Å². The van der Waals surface area contributed by atoms with Crippen LogP contribution < -0.4 is 20.7 Å². The summed E-state index contributed by atoms with van der Waals surface area (Å²) in [7, 11) is 0. The number of hydrogen-bond acceptors (Lipinski definition) is 3. The van der Waals surface area contributed by atoms with Gasteiger partial charge in [0.2, 0.25) is 5.91 Å². The molecule has 0 bridgehead atoms. The van der Waals surface area contributed by atoms with Crippen LogP contribution in [0.3, 0.4) is 0 Å². The van der Waals surface area contributed by atoms with Gasteiger partial charge in [0.1, 0.15) is 11.9 Å². The number of carbonyl (C=O) groups excluding carboxylic acids is 1. The minimum absolute atomic E-state index is 0.0257. The SMILES string of the molecule is CCNC(=NCC(C)Oc1ccc(Cl)cc1)NCCC(=O)NC(C)C. The van der Waals surface area contributed by atoms with E-state index in [0.717, 1.165) is 12.3 Å². The zero-order valence-electron chi connectivity index (χ0n) is 15.4. The molecule has 140 valence electrons. The topological polar surface area (TPSA) is 74.8 Å². The van der Waals surface area contributed by atoms with E-state index in [-0.39, 0.29) is 18.1 Å². The van der Waals surface area contributed by atoms with Crippen molar-refractivity contribution in [3.05, 3.63) is 29.3 Å². The maximum atomic E-state index is 11.6. The van der Waals surface area contributed by atoms with E-state index >= 15 is 0 Å². The quantitative estimate of drug-likeness (QED) is 0.462. The maximum absolute atomic E-state index is 11.6. The van der Waals surface area contributed by atoms with Crippen molar-refractivity contribution in [1.29, 1.82) is 0 Å². The van der Waals surface area contributed by atoms with Crippen molar-refractivity contribution in [2.24, 2.45) is 4.99 Å². The number of nitrogens with one attached hydrogen (secondary N) is 3. The van der Waals surface area contributed by atoms with Crippen LogP contribution in [-0.4, -0.2) is 43.6 Å². The molecule has 0 aliphatic carbocycles. The Bertz CT molecular complexity index is 547. The van der Waals surface area contributed by atoms with Crippen molar-refractivity contribution in [3.8, 4) is 5.75 Å². The van der Waals surface area contributed by atoms with Crippen LogP contribution in [0.25, 0.3) is 0 Å². The first-order chi connectivity index (χ1) is 11.9. The minimum atomic E-state index is -0.0825. The monoisotopic (exact) mass is 368 g/mol. The molecule has 1 aromatic rings. The van der Waals surface area contributed by atoms with E-state index in [0.29, 0.717) is 30.5 Å². The Kier molecular flexibility index (Phi) is 9.77. The first-order valence-corrected chi connectivity index (χ1v) is 9.02. The fraction of sp³-hybridized carbons (Fsp3) is 0.556. The molecule has 0 aliphatic heterocycles. The van der Waals surface area contributed by atoms with Crippen LogP contribution in [0.1, 0.15) is 34.1 Å². The molecular weight excluding hydrogens is 340 g/mol. The molecule has 1 aromatic carbocycles. The lowest BCUT2D eigenvalue weighted by Crippen LogP contribution is -2.40. The summed E-state index contributed by atoms with van der Waals surface area (Å²) in [5.41, 5.74) is 0. The van der Waals surface area contributed by atoms with Gasteiger partial charge in [0.15, 0.2) is 5.96 Å². The maximum Gasteiger partial charge on any atom is 0.221 e. The van der Waals surface area contributed by atoms with E-state index in [1.54, 1.807) is 12.1 Å². The Balaban J connectivity index is 2.42. The summed E-state index contributed by atoms with van der Waals surface area (Å²) in [6, 6.07) is 7.40. The Morgan fingerprint density at radius 1 is 1.20 bits per heavy atom. The van der Waals surface area contributed by atoms with Crippen LogP contribution >= 0.6 is 11.6 Å². The van der Waals surface area contributed by atoms with Crippen molar-refractivity contribution in [2.45, 2.75) is 46.3 Å². The van der Waals surface area contributed by atoms with Gasteiger partial charge in [0.05, 0.1) is 6.54 Å². The summed E-state index contributed by atoms with van der Waals surface area (Å²) in [5, 5.41) is 9.85. The molecule has 0 saturated carbocycles. The van der Waals surface area contributed by atoms with Gasteiger partial charge in [-0.25, -0.2) is 4.99 Å². The second-order valence-corrected chi connectivity index (χ2v) is 6.44. The van der Waals surface area contributed by atoms with Crippen LogP contribution in [0, 0.1) is 0 Å². The highest BCUT2D eigenvalue weighted by Gasteiger charge is 2.06. The first kappa shape index (κ1) is 21.1. The first-order valence-electron chi connectivity index (χ1n) is 8.64. The predicted octanol–water partition coefficient (Wildman–Crippen LogP) is 2.58. The van der Waals surface area contributed by atoms with Crippen molar-refractivity contribution >= 4 is 23.5 Å². The van der Waals surface area contributed by atoms with Crippen LogP contribution in [0.5, 0.6) is 5.75 Å². The largest absolute Gasteiger partial charge is 0.489 e. The smallest absolute Gasteiger partial charge is 0.221 e. The number of carbonyl (C=O) groups is 1. The van der Waals surface area contributed by atoms with Crippen LogP contribution in [0.4, 0.5) is 0 Å². The van der Waals surface area contributed by atoms with Crippen LogP contribution in [-0.2, 0) is 4.79 Å². The fourth-order valence-electron chi connectivity index (χ4n) is 2.03. The average Bonchev–Trinajstić information content (AvgIpc) is 2.54. The highest BCUT2D eigenvalue weighted by Crippen LogP contribution is 2.16. The van der Waals surface area contributed by atoms with Crippen molar-refractivity contribution in [1.82, 2.24) is 16.0 Å². The third-order valence-electron chi connectivity index (χ3n) is 3.10. The van der Waals surface area contributed by atoms with E-state index in [9.17, 15) is 4.79 Å². The Morgan fingerprint density at radius 3 is 2.48 bits per heavy atom. The van der Waals surface area contributed by atoms with E-state index in [4.69, 9.17) is 16.3 Å². The number of ether oxygens (including phenoxy) is 1. The van der Waals surface area contributed by atoms with E-state index in [2.05, 4.69) is 20.9 Å². The highest BCUT2D eigenvalue weighted by atomic mass is 35.5. The lowest BCUT2D eigenvalue weighted by Gasteiger charge is -2.15. The molecule has 0 saturated heterocycles. The molecule has 25 heavy (non-hydrogen) atoms. The lowest BCUT2D eigenvalue weighted by molar-refractivity contribution is -0.121. The number of rotatable bonds is 9. The van der Waals surface area contributed by atoms with Gasteiger partial charge in [-0.3, -0.25) is 4.79 Å². The van der Waals surface area contributed by atoms with Crippen molar-refractivity contribution < 1.29 is 9.53 Å². The standard InChI is InChI=1S/C18H29ClN4O2/c1-5-20-18(21-11-10-17(24)23-13(2)3)22-12-14(4)25-16-8-6-15(19)7-9-16/h6-9,13-14H,5,10-12H2,1-4H3,(H,23,24)(H2,20,21,22). The van der Waals surface area contributed by atoms with E-state index in [1.165, 1.54) is 0 Å². The highest BCUT2D eigenvalue weighted by molar-refractivity contribution is 6.30. The lowest BCUT2D eigenvalue weighted by atomic mass is 10.3. The Labute approximate surface area is 155 Å². The number of halogens is 1.